The molecule has 1 fully saturated rings. The molecule has 0 spiro atoms. The van der Waals surface area contributed by atoms with E-state index in [4.69, 9.17) is 0 Å². The molecule has 110 valence electrons. The predicted octanol–water partition coefficient (Wildman–Crippen LogP) is 2.29. The molecule has 4 nitrogen and oxygen atoms in total. The topological polar surface area (TPSA) is 35.6 Å². The standard InChI is InChI=1S/C16H25N3O/c1-3-9-17-15-7-5-14(6-8-15)16(20)19-12-10-18(4-2)11-13-19/h5-8,17H,3-4,9-13H2,1-2H3. The van der Waals surface area contributed by atoms with E-state index >= 15 is 0 Å². The Morgan fingerprint density at radius 1 is 1.10 bits per heavy atom. The maximum Gasteiger partial charge on any atom is 0.253 e. The fourth-order valence-electron chi connectivity index (χ4n) is 2.45. The second kappa shape index (κ2) is 7.29. The van der Waals surface area contributed by atoms with Crippen LogP contribution in [-0.2, 0) is 0 Å². The number of nitrogens with zero attached hydrogens (tertiary/aromatic N) is 2. The minimum absolute atomic E-state index is 0.155. The first kappa shape index (κ1) is 14.9. The van der Waals surface area contributed by atoms with Crippen molar-refractivity contribution >= 4 is 11.6 Å². The molecule has 0 bridgehead atoms. The van der Waals surface area contributed by atoms with E-state index in [1.54, 1.807) is 0 Å². The number of amides is 1. The third kappa shape index (κ3) is 3.73. The van der Waals surface area contributed by atoms with Gasteiger partial charge >= 0.3 is 0 Å². The number of hydrogen-bond acceptors (Lipinski definition) is 3. The van der Waals surface area contributed by atoms with Crippen LogP contribution in [-0.4, -0.2) is 55.0 Å². The summed E-state index contributed by atoms with van der Waals surface area (Å²) in [5, 5.41) is 3.32. The normalized spacial score (nSPS) is 16.2. The van der Waals surface area contributed by atoms with Crippen LogP contribution in [0.3, 0.4) is 0 Å². The van der Waals surface area contributed by atoms with Gasteiger partial charge in [-0.3, -0.25) is 4.79 Å². The van der Waals surface area contributed by atoms with Crippen molar-refractivity contribution in [3.8, 4) is 0 Å². The lowest BCUT2D eigenvalue weighted by Crippen LogP contribution is -2.48. The summed E-state index contributed by atoms with van der Waals surface area (Å²) in [5.74, 6) is 0.155. The van der Waals surface area contributed by atoms with Crippen molar-refractivity contribution in [1.82, 2.24) is 9.80 Å². The van der Waals surface area contributed by atoms with Gasteiger partial charge in [0.25, 0.3) is 5.91 Å². The zero-order valence-corrected chi connectivity index (χ0v) is 12.6. The van der Waals surface area contributed by atoms with Gasteiger partial charge < -0.3 is 15.1 Å². The highest BCUT2D eigenvalue weighted by atomic mass is 16.2. The van der Waals surface area contributed by atoms with E-state index < -0.39 is 0 Å². The van der Waals surface area contributed by atoms with Crippen molar-refractivity contribution in [3.05, 3.63) is 29.8 Å². The van der Waals surface area contributed by atoms with Crippen molar-refractivity contribution in [2.45, 2.75) is 20.3 Å². The third-order valence-corrected chi connectivity index (χ3v) is 3.82. The van der Waals surface area contributed by atoms with Gasteiger partial charge in [-0.2, -0.15) is 0 Å². The average Bonchev–Trinajstić information content (AvgIpc) is 2.53. The zero-order valence-electron chi connectivity index (χ0n) is 12.6. The van der Waals surface area contributed by atoms with Gasteiger partial charge in [0.15, 0.2) is 0 Å². The van der Waals surface area contributed by atoms with Crippen molar-refractivity contribution < 1.29 is 4.79 Å². The molecule has 0 atom stereocenters. The SMILES string of the molecule is CCCNc1ccc(C(=O)N2CCN(CC)CC2)cc1. The molecule has 0 aromatic heterocycles. The number of nitrogens with one attached hydrogen (secondary N) is 1. The maximum absolute atomic E-state index is 12.4. The number of hydrogen-bond donors (Lipinski definition) is 1. The Hall–Kier alpha value is -1.55. The van der Waals surface area contributed by atoms with Crippen molar-refractivity contribution in [2.75, 3.05) is 44.6 Å². The summed E-state index contributed by atoms with van der Waals surface area (Å²) in [6.45, 7) is 9.98. The second-order valence-corrected chi connectivity index (χ2v) is 5.23. The summed E-state index contributed by atoms with van der Waals surface area (Å²) < 4.78 is 0. The number of benzene rings is 1. The number of anilines is 1. The summed E-state index contributed by atoms with van der Waals surface area (Å²) in [4.78, 5) is 16.7. The lowest BCUT2D eigenvalue weighted by Gasteiger charge is -2.34. The molecule has 1 heterocycles. The zero-order chi connectivity index (χ0) is 14.4. The molecule has 1 aliphatic heterocycles. The van der Waals surface area contributed by atoms with Gasteiger partial charge in [-0.1, -0.05) is 13.8 Å². The average molecular weight is 275 g/mol. The highest BCUT2D eigenvalue weighted by Gasteiger charge is 2.20. The Morgan fingerprint density at radius 3 is 2.30 bits per heavy atom. The third-order valence-electron chi connectivity index (χ3n) is 3.82. The molecule has 20 heavy (non-hydrogen) atoms. The quantitative estimate of drug-likeness (QED) is 0.895. The number of piperazine rings is 1. The van der Waals surface area contributed by atoms with Crippen molar-refractivity contribution in [1.29, 1.82) is 0 Å². The van der Waals surface area contributed by atoms with Gasteiger partial charge in [-0.15, -0.1) is 0 Å². The van der Waals surface area contributed by atoms with Gasteiger partial charge in [0, 0.05) is 44.0 Å². The van der Waals surface area contributed by atoms with Crippen LogP contribution >= 0.6 is 0 Å². The molecule has 1 aromatic carbocycles. The summed E-state index contributed by atoms with van der Waals surface area (Å²) in [6.07, 6.45) is 1.10. The van der Waals surface area contributed by atoms with Crippen LogP contribution in [0.5, 0.6) is 0 Å². The van der Waals surface area contributed by atoms with Gasteiger partial charge in [-0.25, -0.2) is 0 Å². The molecule has 1 saturated heterocycles. The molecule has 4 heteroatoms. The summed E-state index contributed by atoms with van der Waals surface area (Å²) in [7, 11) is 0. The molecule has 1 aliphatic rings. The fraction of sp³-hybridized carbons (Fsp3) is 0.562. The lowest BCUT2D eigenvalue weighted by molar-refractivity contribution is 0.0643. The first-order valence-corrected chi connectivity index (χ1v) is 7.60. The van der Waals surface area contributed by atoms with E-state index in [2.05, 4.69) is 24.1 Å². The summed E-state index contributed by atoms with van der Waals surface area (Å²) in [6, 6.07) is 7.83. The monoisotopic (exact) mass is 275 g/mol. The molecule has 0 radical (unpaired) electrons. The van der Waals surface area contributed by atoms with Gasteiger partial charge in [-0.05, 0) is 37.2 Å². The van der Waals surface area contributed by atoms with Crippen LogP contribution < -0.4 is 5.32 Å². The van der Waals surface area contributed by atoms with E-state index in [9.17, 15) is 4.79 Å². The Labute approximate surface area is 121 Å². The number of rotatable bonds is 5. The second-order valence-electron chi connectivity index (χ2n) is 5.23. The van der Waals surface area contributed by atoms with E-state index in [0.717, 1.165) is 56.9 Å². The fourth-order valence-corrected chi connectivity index (χ4v) is 2.45. The van der Waals surface area contributed by atoms with Crippen LogP contribution in [0.2, 0.25) is 0 Å². The predicted molar refractivity (Wildman–Crippen MR) is 83.2 cm³/mol. The van der Waals surface area contributed by atoms with Crippen molar-refractivity contribution in [3.63, 3.8) is 0 Å². The Balaban J connectivity index is 1.92. The lowest BCUT2D eigenvalue weighted by atomic mass is 10.1. The first-order valence-electron chi connectivity index (χ1n) is 7.60. The van der Waals surface area contributed by atoms with Crippen molar-refractivity contribution in [2.24, 2.45) is 0 Å². The van der Waals surface area contributed by atoms with E-state index in [1.807, 2.05) is 29.2 Å². The van der Waals surface area contributed by atoms with Crippen LogP contribution in [0.4, 0.5) is 5.69 Å². The molecule has 0 saturated carbocycles. The highest BCUT2D eigenvalue weighted by molar-refractivity contribution is 5.94. The van der Waals surface area contributed by atoms with Gasteiger partial charge in [0.1, 0.15) is 0 Å². The van der Waals surface area contributed by atoms with Crippen LogP contribution in [0.1, 0.15) is 30.6 Å². The van der Waals surface area contributed by atoms with Crippen LogP contribution in [0, 0.1) is 0 Å². The Morgan fingerprint density at radius 2 is 1.75 bits per heavy atom. The van der Waals surface area contributed by atoms with Gasteiger partial charge in [0.2, 0.25) is 0 Å². The molecule has 1 amide bonds. The maximum atomic E-state index is 12.4. The molecule has 1 N–H and O–H groups in total. The number of likely N-dealkylation sites (N-methyl/N-ethyl adjacent to an activating group) is 1. The largest absolute Gasteiger partial charge is 0.385 e. The number of carbonyl (C=O) groups excluding carboxylic acids is 1. The molecular weight excluding hydrogens is 250 g/mol. The Bertz CT molecular complexity index is 422. The summed E-state index contributed by atoms with van der Waals surface area (Å²) in [5.41, 5.74) is 1.87. The molecule has 0 unspecified atom stereocenters. The Kier molecular flexibility index (Phi) is 5.41. The van der Waals surface area contributed by atoms with E-state index in [1.165, 1.54) is 0 Å². The molecular formula is C16H25N3O. The minimum atomic E-state index is 0.155. The highest BCUT2D eigenvalue weighted by Crippen LogP contribution is 2.13. The molecule has 2 rings (SSSR count). The van der Waals surface area contributed by atoms with Crippen LogP contribution in [0.25, 0.3) is 0 Å². The van der Waals surface area contributed by atoms with Gasteiger partial charge in [0.05, 0.1) is 0 Å². The minimum Gasteiger partial charge on any atom is -0.385 e. The molecule has 1 aromatic rings. The van der Waals surface area contributed by atoms with Crippen LogP contribution in [0.15, 0.2) is 24.3 Å². The smallest absolute Gasteiger partial charge is 0.253 e. The first-order chi connectivity index (χ1) is 9.74. The van der Waals surface area contributed by atoms with E-state index in [0.29, 0.717) is 0 Å². The number of carbonyl (C=O) groups is 1. The molecule has 0 aliphatic carbocycles. The van der Waals surface area contributed by atoms with E-state index in [-0.39, 0.29) is 5.91 Å². The summed E-state index contributed by atoms with van der Waals surface area (Å²) >= 11 is 0.